The third-order valence-electron chi connectivity index (χ3n) is 3.96. The number of hydrogen-bond acceptors (Lipinski definition) is 5. The van der Waals surface area contributed by atoms with Crippen LogP contribution >= 0.6 is 0 Å². The Bertz CT molecular complexity index is 926. The molecule has 0 fully saturated rings. The zero-order valence-electron chi connectivity index (χ0n) is 14.0. The fourth-order valence-electron chi connectivity index (χ4n) is 2.68. The van der Waals surface area contributed by atoms with Gasteiger partial charge in [0.05, 0.1) is 41.1 Å². The van der Waals surface area contributed by atoms with Crippen LogP contribution in [0.4, 0.5) is 0 Å². The molecule has 0 amide bonds. The number of hydrogen-bond donors (Lipinski definition) is 0. The van der Waals surface area contributed by atoms with E-state index in [4.69, 9.17) is 9.47 Å². The zero-order chi connectivity index (χ0) is 18.1. The van der Waals surface area contributed by atoms with Gasteiger partial charge < -0.3 is 9.47 Å². The van der Waals surface area contributed by atoms with Crippen LogP contribution in [0.3, 0.4) is 0 Å². The third-order valence-corrected chi connectivity index (χ3v) is 5.37. The molecule has 5 nitrogen and oxygen atoms in total. The Balaban J connectivity index is 2.13. The highest BCUT2D eigenvalue weighted by atomic mass is 32.2. The molecule has 1 unspecified atom stereocenters. The number of carbonyl (C=O) groups is 2. The fraction of sp³-hybridized carbons (Fsp3) is 0.158. The van der Waals surface area contributed by atoms with Gasteiger partial charge in [-0.2, -0.15) is 0 Å². The Labute approximate surface area is 147 Å². The number of rotatable bonds is 4. The van der Waals surface area contributed by atoms with Crippen molar-refractivity contribution in [1.82, 2.24) is 0 Å². The Hall–Kier alpha value is -2.73. The molecular weight excluding hydrogens is 340 g/mol. The van der Waals surface area contributed by atoms with Crippen LogP contribution in [-0.2, 0) is 10.8 Å². The number of carbonyl (C=O) groups excluding carboxylic acids is 2. The van der Waals surface area contributed by atoms with E-state index in [9.17, 15) is 13.8 Å². The predicted molar refractivity (Wildman–Crippen MR) is 93.9 cm³/mol. The molecule has 6 heteroatoms. The molecule has 1 aliphatic rings. The molecular formula is C19H16O5S. The lowest BCUT2D eigenvalue weighted by Gasteiger charge is -2.19. The van der Waals surface area contributed by atoms with Gasteiger partial charge in [0.1, 0.15) is 11.5 Å². The topological polar surface area (TPSA) is 69.7 Å². The van der Waals surface area contributed by atoms with Crippen LogP contribution < -0.4 is 9.47 Å². The number of allylic oxidation sites excluding steroid dienone is 2. The van der Waals surface area contributed by atoms with Crippen LogP contribution in [0.25, 0.3) is 0 Å². The highest BCUT2D eigenvalue weighted by Gasteiger charge is 2.34. The first-order valence-corrected chi connectivity index (χ1v) is 8.67. The summed E-state index contributed by atoms with van der Waals surface area (Å²) < 4.78 is 23.2. The minimum absolute atomic E-state index is 0.0621. The number of ketones is 2. The molecule has 3 rings (SSSR count). The first-order valence-electron chi connectivity index (χ1n) is 7.52. The average Bonchev–Trinajstić information content (AvgIpc) is 2.63. The van der Waals surface area contributed by atoms with Gasteiger partial charge in [-0.05, 0) is 31.2 Å². The summed E-state index contributed by atoms with van der Waals surface area (Å²) in [5.74, 6) is -0.392. The molecule has 0 heterocycles. The number of methoxy groups -OCH3 is 2. The van der Waals surface area contributed by atoms with Crippen molar-refractivity contribution in [2.75, 3.05) is 14.2 Å². The van der Waals surface area contributed by atoms with Gasteiger partial charge in [0.25, 0.3) is 0 Å². The summed E-state index contributed by atoms with van der Waals surface area (Å²) in [5.41, 5.74) is 1.24. The summed E-state index contributed by atoms with van der Waals surface area (Å²) in [7, 11) is 1.07. The van der Waals surface area contributed by atoms with E-state index in [0.29, 0.717) is 4.90 Å². The van der Waals surface area contributed by atoms with Crippen molar-refractivity contribution in [3.63, 3.8) is 0 Å². The van der Waals surface area contributed by atoms with E-state index in [1.807, 2.05) is 6.92 Å². The molecule has 128 valence electrons. The Kier molecular flexibility index (Phi) is 4.55. The molecule has 2 aromatic carbocycles. The Morgan fingerprint density at radius 1 is 0.840 bits per heavy atom. The number of aryl methyl sites for hydroxylation is 1. The summed E-state index contributed by atoms with van der Waals surface area (Å²) in [6.07, 6.45) is 1.13. The van der Waals surface area contributed by atoms with Crippen molar-refractivity contribution in [2.24, 2.45) is 0 Å². The highest BCUT2D eigenvalue weighted by Crippen LogP contribution is 2.37. The average molecular weight is 356 g/mol. The van der Waals surface area contributed by atoms with Crippen molar-refractivity contribution >= 4 is 22.4 Å². The van der Waals surface area contributed by atoms with E-state index in [1.54, 1.807) is 36.4 Å². The summed E-state index contributed by atoms with van der Waals surface area (Å²) in [6, 6.07) is 10.1. The molecule has 0 saturated carbocycles. The molecule has 0 aliphatic heterocycles. The van der Waals surface area contributed by atoms with E-state index in [2.05, 4.69) is 0 Å². The lowest BCUT2D eigenvalue weighted by atomic mass is 9.93. The number of Topliss-reactive ketones (excluding diaryl/α,β-unsaturated/α-hetero) is 1. The maximum atomic E-state index is 12.9. The lowest BCUT2D eigenvalue weighted by Crippen LogP contribution is -2.21. The minimum Gasteiger partial charge on any atom is -0.496 e. The normalized spacial score (nSPS) is 14.6. The fourth-order valence-corrected chi connectivity index (χ4v) is 3.80. The minimum atomic E-state index is -1.76. The third kappa shape index (κ3) is 2.89. The smallest absolute Gasteiger partial charge is 0.207 e. The van der Waals surface area contributed by atoms with Crippen LogP contribution in [0.2, 0.25) is 0 Å². The van der Waals surface area contributed by atoms with E-state index in [1.165, 1.54) is 14.2 Å². The van der Waals surface area contributed by atoms with E-state index >= 15 is 0 Å². The van der Waals surface area contributed by atoms with Gasteiger partial charge in [0, 0.05) is 11.0 Å². The van der Waals surface area contributed by atoms with Gasteiger partial charge in [0.15, 0.2) is 5.78 Å². The highest BCUT2D eigenvalue weighted by molar-refractivity contribution is 7.90. The molecule has 1 aliphatic carbocycles. The first kappa shape index (κ1) is 17.1. The molecule has 0 bridgehead atoms. The van der Waals surface area contributed by atoms with Crippen LogP contribution in [0.1, 0.15) is 26.3 Å². The SMILES string of the molecule is COc1ccc(OC)c2c1C(=O)C=C(S(=O)c1ccc(C)cc1)C2=O. The lowest BCUT2D eigenvalue weighted by molar-refractivity contribution is 0.0985. The summed E-state index contributed by atoms with van der Waals surface area (Å²) in [4.78, 5) is 25.9. The van der Waals surface area contributed by atoms with Crippen molar-refractivity contribution in [2.45, 2.75) is 11.8 Å². The number of benzene rings is 2. The van der Waals surface area contributed by atoms with Crippen molar-refractivity contribution in [1.29, 1.82) is 0 Å². The molecule has 0 radical (unpaired) electrons. The van der Waals surface area contributed by atoms with E-state index in [0.717, 1.165) is 11.6 Å². The van der Waals surface area contributed by atoms with Gasteiger partial charge in [-0.15, -0.1) is 0 Å². The van der Waals surface area contributed by atoms with Gasteiger partial charge in [-0.1, -0.05) is 17.7 Å². The van der Waals surface area contributed by atoms with Crippen LogP contribution in [-0.4, -0.2) is 30.0 Å². The van der Waals surface area contributed by atoms with Crippen molar-refractivity contribution in [3.05, 3.63) is 64.1 Å². The standard InChI is InChI=1S/C19H16O5S/c1-11-4-6-12(7-5-11)25(22)16-10-13(20)17-14(23-2)8-9-15(24-3)18(17)19(16)21/h4-10H,1-3H3. The second kappa shape index (κ2) is 6.64. The molecule has 0 spiro atoms. The second-order valence-corrected chi connectivity index (χ2v) is 6.95. The Morgan fingerprint density at radius 3 is 1.96 bits per heavy atom. The number of ether oxygens (including phenoxy) is 2. The molecule has 0 aromatic heterocycles. The molecule has 0 saturated heterocycles. The monoisotopic (exact) mass is 356 g/mol. The van der Waals surface area contributed by atoms with E-state index < -0.39 is 22.4 Å². The van der Waals surface area contributed by atoms with E-state index in [-0.39, 0.29) is 27.5 Å². The largest absolute Gasteiger partial charge is 0.496 e. The maximum absolute atomic E-state index is 12.9. The first-order chi connectivity index (χ1) is 12.0. The van der Waals surface area contributed by atoms with Crippen LogP contribution in [0, 0.1) is 6.92 Å². The van der Waals surface area contributed by atoms with Gasteiger partial charge >= 0.3 is 0 Å². The zero-order valence-corrected chi connectivity index (χ0v) is 14.8. The summed E-state index contributed by atoms with van der Waals surface area (Å²) >= 11 is 0. The maximum Gasteiger partial charge on any atom is 0.207 e. The van der Waals surface area contributed by atoms with Gasteiger partial charge in [-0.3, -0.25) is 9.59 Å². The van der Waals surface area contributed by atoms with Crippen LogP contribution in [0.15, 0.2) is 52.3 Å². The van der Waals surface area contributed by atoms with Gasteiger partial charge in [0.2, 0.25) is 5.78 Å². The predicted octanol–water partition coefficient (Wildman–Crippen LogP) is 3.08. The van der Waals surface area contributed by atoms with Crippen molar-refractivity contribution in [3.8, 4) is 11.5 Å². The summed E-state index contributed by atoms with van der Waals surface area (Å²) in [6.45, 7) is 1.91. The molecule has 25 heavy (non-hydrogen) atoms. The Morgan fingerprint density at radius 2 is 1.40 bits per heavy atom. The molecule has 2 aromatic rings. The van der Waals surface area contributed by atoms with Crippen LogP contribution in [0.5, 0.6) is 11.5 Å². The summed E-state index contributed by atoms with van der Waals surface area (Å²) in [5, 5.41) is 0. The second-order valence-electron chi connectivity index (χ2n) is 5.50. The molecule has 1 atom stereocenters. The number of fused-ring (bicyclic) bond motifs is 1. The van der Waals surface area contributed by atoms with Crippen molar-refractivity contribution < 1.29 is 23.3 Å². The molecule has 0 N–H and O–H groups in total. The van der Waals surface area contributed by atoms with Gasteiger partial charge in [-0.25, -0.2) is 4.21 Å². The quantitative estimate of drug-likeness (QED) is 0.842.